The predicted molar refractivity (Wildman–Crippen MR) is 125 cm³/mol. The van der Waals surface area contributed by atoms with Crippen LogP contribution in [0.25, 0.3) is 20.7 Å². The zero-order chi connectivity index (χ0) is 21.5. The van der Waals surface area contributed by atoms with Crippen molar-refractivity contribution in [2.24, 2.45) is 7.05 Å². The molecule has 9 heteroatoms. The van der Waals surface area contributed by atoms with Gasteiger partial charge in [-0.3, -0.25) is 23.9 Å². The third-order valence-electron chi connectivity index (χ3n) is 5.20. The molecule has 0 aliphatic carbocycles. The number of carbonyl (C=O) groups is 2. The molecule has 1 aliphatic rings. The minimum atomic E-state index is -0.239. The number of hydrogen-bond donors (Lipinski definition) is 0. The summed E-state index contributed by atoms with van der Waals surface area (Å²) in [5.74, 6) is 0.164. The van der Waals surface area contributed by atoms with E-state index in [4.69, 9.17) is 4.98 Å². The van der Waals surface area contributed by atoms with Crippen molar-refractivity contribution in [3.63, 3.8) is 0 Å². The quantitative estimate of drug-likeness (QED) is 0.181. The number of fused-ring (bicyclic) bond motifs is 2. The van der Waals surface area contributed by atoms with Crippen LogP contribution in [0, 0.1) is 0 Å². The van der Waals surface area contributed by atoms with Crippen LogP contribution >= 0.6 is 34.4 Å². The highest BCUT2D eigenvalue weighted by Crippen LogP contribution is 2.34. The van der Waals surface area contributed by atoms with Crippen molar-refractivity contribution in [1.29, 1.82) is 0 Å². The Labute approximate surface area is 190 Å². The number of imide groups is 1. The van der Waals surface area contributed by atoms with Crippen LogP contribution in [0.5, 0.6) is 0 Å². The molecule has 4 heterocycles. The first-order valence-electron chi connectivity index (χ1n) is 9.66. The normalized spacial score (nSPS) is 13.4. The van der Waals surface area contributed by atoms with Gasteiger partial charge in [0.1, 0.15) is 4.83 Å². The molecule has 0 atom stereocenters. The van der Waals surface area contributed by atoms with E-state index in [1.54, 1.807) is 47.2 Å². The van der Waals surface area contributed by atoms with Crippen molar-refractivity contribution in [3.8, 4) is 10.4 Å². The van der Waals surface area contributed by atoms with Crippen LogP contribution in [0.15, 0.2) is 57.1 Å². The van der Waals surface area contributed by atoms with E-state index in [2.05, 4.69) is 0 Å². The molecule has 0 N–H and O–H groups in total. The van der Waals surface area contributed by atoms with Crippen LogP contribution in [0.4, 0.5) is 0 Å². The molecule has 156 valence electrons. The molecule has 0 fully saturated rings. The summed E-state index contributed by atoms with van der Waals surface area (Å²) in [6.07, 6.45) is 0.620. The van der Waals surface area contributed by atoms with Gasteiger partial charge in [-0.2, -0.15) is 0 Å². The molecule has 1 aliphatic heterocycles. The first-order chi connectivity index (χ1) is 15.1. The molecule has 0 radical (unpaired) electrons. The topological polar surface area (TPSA) is 72.3 Å². The second-order valence-corrected chi connectivity index (χ2v) is 9.94. The van der Waals surface area contributed by atoms with Crippen molar-refractivity contribution in [2.75, 3.05) is 12.3 Å². The van der Waals surface area contributed by atoms with Gasteiger partial charge in [0.15, 0.2) is 5.16 Å². The van der Waals surface area contributed by atoms with E-state index in [0.717, 1.165) is 15.3 Å². The lowest BCUT2D eigenvalue weighted by molar-refractivity contribution is 0.0655. The molecule has 4 aromatic rings. The molecule has 1 aromatic carbocycles. The molecule has 0 spiro atoms. The minimum Gasteiger partial charge on any atom is -0.290 e. The monoisotopic (exact) mass is 467 g/mol. The number of benzene rings is 1. The summed E-state index contributed by atoms with van der Waals surface area (Å²) in [5.41, 5.74) is 1.81. The van der Waals surface area contributed by atoms with Gasteiger partial charge in [0.2, 0.25) is 0 Å². The van der Waals surface area contributed by atoms with Crippen LogP contribution in [-0.2, 0) is 7.05 Å². The van der Waals surface area contributed by atoms with Crippen molar-refractivity contribution in [3.05, 3.63) is 68.6 Å². The maximum atomic E-state index is 13.0. The predicted octanol–water partition coefficient (Wildman–Crippen LogP) is 4.50. The Kier molecular flexibility index (Phi) is 5.25. The van der Waals surface area contributed by atoms with Gasteiger partial charge in [0.25, 0.3) is 17.4 Å². The molecule has 0 bridgehead atoms. The van der Waals surface area contributed by atoms with Gasteiger partial charge in [-0.05, 0) is 30.0 Å². The van der Waals surface area contributed by atoms with Crippen LogP contribution < -0.4 is 5.56 Å². The van der Waals surface area contributed by atoms with Gasteiger partial charge < -0.3 is 0 Å². The Morgan fingerprint density at radius 1 is 0.968 bits per heavy atom. The lowest BCUT2D eigenvalue weighted by Crippen LogP contribution is -2.31. The molecule has 0 unspecified atom stereocenters. The van der Waals surface area contributed by atoms with Crippen LogP contribution in [0.3, 0.4) is 0 Å². The fourth-order valence-electron chi connectivity index (χ4n) is 3.62. The number of thiophene rings is 2. The van der Waals surface area contributed by atoms with Gasteiger partial charge in [0, 0.05) is 35.2 Å². The van der Waals surface area contributed by atoms with Crippen LogP contribution in [-0.4, -0.2) is 38.6 Å². The van der Waals surface area contributed by atoms with Gasteiger partial charge in [-0.1, -0.05) is 30.0 Å². The third-order valence-corrected chi connectivity index (χ3v) is 8.09. The standard InChI is InChI=1S/C22H17N3O3S3/c1-24-21(28)17-15(16-8-4-10-29-16)12-31-18(17)23-22(24)30-11-5-9-25-19(26)13-6-2-3-7-14(13)20(25)27/h2-4,6-8,10,12H,5,9,11H2,1H3. The number of amides is 2. The minimum absolute atomic E-state index is 0.0579. The molecule has 0 saturated heterocycles. The summed E-state index contributed by atoms with van der Waals surface area (Å²) in [4.78, 5) is 45.7. The molecule has 31 heavy (non-hydrogen) atoms. The molecule has 0 saturated carbocycles. The average molecular weight is 468 g/mol. The smallest absolute Gasteiger partial charge is 0.263 e. The van der Waals surface area contributed by atoms with E-state index in [-0.39, 0.29) is 17.4 Å². The van der Waals surface area contributed by atoms with Crippen LogP contribution in [0.2, 0.25) is 0 Å². The first-order valence-corrected chi connectivity index (χ1v) is 12.4. The largest absolute Gasteiger partial charge is 0.290 e. The molecule has 6 nitrogen and oxygen atoms in total. The average Bonchev–Trinajstić information content (AvgIpc) is 3.50. The van der Waals surface area contributed by atoms with E-state index < -0.39 is 0 Å². The number of carbonyl (C=O) groups excluding carboxylic acids is 2. The second-order valence-electron chi connectivity index (χ2n) is 7.07. The van der Waals surface area contributed by atoms with Crippen molar-refractivity contribution < 1.29 is 9.59 Å². The third kappa shape index (κ3) is 3.42. The first kappa shape index (κ1) is 20.2. The summed E-state index contributed by atoms with van der Waals surface area (Å²) in [7, 11) is 1.73. The zero-order valence-corrected chi connectivity index (χ0v) is 19.0. The highest BCUT2D eigenvalue weighted by Gasteiger charge is 2.34. The fraction of sp³-hybridized carbons (Fsp3) is 0.182. The lowest BCUT2D eigenvalue weighted by Gasteiger charge is -2.13. The highest BCUT2D eigenvalue weighted by atomic mass is 32.2. The summed E-state index contributed by atoms with van der Waals surface area (Å²) >= 11 is 4.54. The van der Waals surface area contributed by atoms with Crippen LogP contribution in [0.1, 0.15) is 27.1 Å². The number of thioether (sulfide) groups is 1. The maximum Gasteiger partial charge on any atom is 0.263 e. The summed E-state index contributed by atoms with van der Waals surface area (Å²) in [5, 5.41) is 5.28. The molecule has 5 rings (SSSR count). The molecular weight excluding hydrogens is 450 g/mol. The highest BCUT2D eigenvalue weighted by molar-refractivity contribution is 7.99. The number of rotatable bonds is 6. The van der Waals surface area contributed by atoms with Gasteiger partial charge in [0.05, 0.1) is 16.5 Å². The van der Waals surface area contributed by atoms with Gasteiger partial charge in [-0.25, -0.2) is 4.98 Å². The van der Waals surface area contributed by atoms with E-state index in [1.165, 1.54) is 28.0 Å². The van der Waals surface area contributed by atoms with E-state index in [1.807, 2.05) is 22.9 Å². The second kappa shape index (κ2) is 8.07. The fourth-order valence-corrected chi connectivity index (χ4v) is 6.32. The Balaban J connectivity index is 1.29. The van der Waals surface area contributed by atoms with Crippen molar-refractivity contribution in [1.82, 2.24) is 14.5 Å². The number of nitrogens with zero attached hydrogens (tertiary/aromatic N) is 3. The zero-order valence-electron chi connectivity index (χ0n) is 16.5. The SMILES string of the molecule is Cn1c(SCCCN2C(=O)c3ccccc3C2=O)nc2scc(-c3cccs3)c2c1=O. The van der Waals surface area contributed by atoms with Crippen molar-refractivity contribution in [2.45, 2.75) is 11.6 Å². The Morgan fingerprint density at radius 3 is 2.39 bits per heavy atom. The lowest BCUT2D eigenvalue weighted by atomic mass is 10.1. The Morgan fingerprint density at radius 2 is 1.71 bits per heavy atom. The van der Waals surface area contributed by atoms with Gasteiger partial charge >= 0.3 is 0 Å². The van der Waals surface area contributed by atoms with Crippen molar-refractivity contribution >= 4 is 56.5 Å². The number of aromatic nitrogens is 2. The summed E-state index contributed by atoms with van der Waals surface area (Å²) in [6.45, 7) is 0.344. The van der Waals surface area contributed by atoms with E-state index in [0.29, 0.717) is 40.4 Å². The maximum absolute atomic E-state index is 13.0. The Bertz CT molecular complexity index is 1340. The summed E-state index contributed by atoms with van der Waals surface area (Å²) < 4.78 is 1.58. The van der Waals surface area contributed by atoms with Gasteiger partial charge in [-0.15, -0.1) is 22.7 Å². The Hall–Kier alpha value is -2.75. The molecule has 3 aromatic heterocycles. The van der Waals surface area contributed by atoms with E-state index >= 15 is 0 Å². The molecular formula is C22H17N3O3S3. The van der Waals surface area contributed by atoms with E-state index in [9.17, 15) is 14.4 Å². The number of hydrogen-bond acceptors (Lipinski definition) is 7. The molecule has 2 amide bonds. The summed E-state index contributed by atoms with van der Waals surface area (Å²) in [6, 6.07) is 10.9.